The summed E-state index contributed by atoms with van der Waals surface area (Å²) in [6.07, 6.45) is 20.2. The third-order valence-corrected chi connectivity index (χ3v) is 11.2. The standard InChI is InChI=1S/C52H44N4.C4H8/c1-5-7-19-37(6-2)51(55-35-42-24-16-21-38-20-11-12-27-44(38)42)56-50(53-4)41-23-17-22-39(33-41)40-30-31-46-45(34-40)49-36(3)18-15-28-47(49)52(46,43-25-9-8-10-26-43)48-29-13-14-32-54-48;1-3-4-2/h5-17,19-36H,2,18H2,1,3-4H3;3H,1,4H2,2H3/b7-5-,37-19+,53-50?,55-35?,56-51?;. The molecule has 0 amide bonds. The minimum Gasteiger partial charge on any atom is -0.270 e. The molecule has 0 fully saturated rings. The molecule has 8 rings (SSSR count). The Labute approximate surface area is 355 Å². The van der Waals surface area contributed by atoms with Crippen LogP contribution in [0, 0.1) is 5.92 Å². The molecule has 0 N–H and O–H groups in total. The average Bonchev–Trinajstić information content (AvgIpc) is 3.61. The van der Waals surface area contributed by atoms with Gasteiger partial charge in [-0.05, 0) is 99.7 Å². The van der Waals surface area contributed by atoms with E-state index in [4.69, 9.17) is 20.0 Å². The van der Waals surface area contributed by atoms with Gasteiger partial charge >= 0.3 is 0 Å². The second-order valence-corrected chi connectivity index (χ2v) is 14.9. The smallest absolute Gasteiger partial charge is 0.161 e. The maximum absolute atomic E-state index is 5.10. The van der Waals surface area contributed by atoms with Crippen LogP contribution in [0.5, 0.6) is 0 Å². The van der Waals surface area contributed by atoms with Crippen LogP contribution in [0.4, 0.5) is 0 Å². The van der Waals surface area contributed by atoms with E-state index in [-0.39, 0.29) is 0 Å². The summed E-state index contributed by atoms with van der Waals surface area (Å²) in [4.78, 5) is 19.8. The molecule has 296 valence electrons. The molecule has 1 heterocycles. The van der Waals surface area contributed by atoms with Crippen LogP contribution in [0.15, 0.2) is 221 Å². The first-order valence-electron chi connectivity index (χ1n) is 20.8. The lowest BCUT2D eigenvalue weighted by molar-refractivity contribution is 0.704. The largest absolute Gasteiger partial charge is 0.270 e. The van der Waals surface area contributed by atoms with Gasteiger partial charge in [-0.2, -0.15) is 0 Å². The van der Waals surface area contributed by atoms with Gasteiger partial charge in [0.2, 0.25) is 0 Å². The molecule has 0 aliphatic heterocycles. The molecule has 0 spiro atoms. The van der Waals surface area contributed by atoms with Gasteiger partial charge < -0.3 is 0 Å². The summed E-state index contributed by atoms with van der Waals surface area (Å²) in [5, 5.41) is 2.29. The summed E-state index contributed by atoms with van der Waals surface area (Å²) < 4.78 is 0. The van der Waals surface area contributed by atoms with Gasteiger partial charge in [0.05, 0.1) is 11.1 Å². The number of benzene rings is 5. The fourth-order valence-corrected chi connectivity index (χ4v) is 8.30. The Hall–Kier alpha value is -7.04. The second kappa shape index (κ2) is 19.1. The fraction of sp³-hybridized carbons (Fsp3) is 0.143. The SMILES string of the molecule is C=C/C(=C\C=C/C)C(N=Cc1cccc2ccccc12)=NC(=NC)c1cccc(-c2ccc3c(c2)C2=C(C=CCC2C)C3(c2ccccc2)c2ccccn2)c1.C=CCC. The Morgan fingerprint density at radius 1 is 0.850 bits per heavy atom. The summed E-state index contributed by atoms with van der Waals surface area (Å²) in [6.45, 7) is 14.0. The lowest BCUT2D eigenvalue weighted by atomic mass is 9.68. The number of nitrogens with zero attached hydrogens (tertiary/aromatic N) is 4. The average molecular weight is 781 g/mol. The zero-order valence-corrected chi connectivity index (χ0v) is 35.1. The molecule has 0 bridgehead atoms. The molecule has 5 aromatic carbocycles. The van der Waals surface area contributed by atoms with Crippen LogP contribution in [0.1, 0.15) is 67.1 Å². The Morgan fingerprint density at radius 3 is 2.35 bits per heavy atom. The van der Waals surface area contributed by atoms with Crippen molar-refractivity contribution in [2.24, 2.45) is 20.9 Å². The molecule has 2 aliphatic rings. The van der Waals surface area contributed by atoms with Crippen LogP contribution in [-0.4, -0.2) is 29.9 Å². The number of hydrogen-bond acceptors (Lipinski definition) is 2. The van der Waals surface area contributed by atoms with Gasteiger partial charge in [0.25, 0.3) is 0 Å². The van der Waals surface area contributed by atoms with Gasteiger partial charge in [0.15, 0.2) is 11.7 Å². The maximum Gasteiger partial charge on any atom is 0.161 e. The molecular formula is C56H52N4. The van der Waals surface area contributed by atoms with Crippen LogP contribution in [-0.2, 0) is 5.41 Å². The zero-order chi connectivity index (χ0) is 41.9. The molecule has 4 heteroatoms. The normalized spacial score (nSPS) is 17.7. The Morgan fingerprint density at radius 2 is 1.60 bits per heavy atom. The molecule has 4 nitrogen and oxygen atoms in total. The Bertz CT molecular complexity index is 2680. The maximum atomic E-state index is 5.10. The van der Waals surface area contributed by atoms with E-state index in [1.807, 2.05) is 49.7 Å². The van der Waals surface area contributed by atoms with Crippen molar-refractivity contribution in [3.05, 3.63) is 240 Å². The highest BCUT2D eigenvalue weighted by Gasteiger charge is 2.49. The summed E-state index contributed by atoms with van der Waals surface area (Å²) in [5.41, 5.74) is 12.0. The first-order chi connectivity index (χ1) is 29.5. The van der Waals surface area contributed by atoms with Crippen LogP contribution < -0.4 is 0 Å². The van der Waals surface area contributed by atoms with Crippen LogP contribution >= 0.6 is 0 Å². The molecule has 0 radical (unpaired) electrons. The lowest BCUT2D eigenvalue weighted by Gasteiger charge is -2.34. The van der Waals surface area contributed by atoms with Gasteiger partial charge in [-0.25, -0.2) is 9.98 Å². The predicted octanol–water partition coefficient (Wildman–Crippen LogP) is 13.8. The van der Waals surface area contributed by atoms with E-state index in [1.165, 1.54) is 27.8 Å². The molecule has 6 aromatic rings. The van der Waals surface area contributed by atoms with E-state index < -0.39 is 5.41 Å². The first kappa shape index (κ1) is 41.1. The van der Waals surface area contributed by atoms with Gasteiger partial charge in [-0.3, -0.25) is 9.98 Å². The lowest BCUT2D eigenvalue weighted by Crippen LogP contribution is -2.30. The van der Waals surface area contributed by atoms with Crippen LogP contribution in [0.25, 0.3) is 27.5 Å². The monoisotopic (exact) mass is 780 g/mol. The molecular weight excluding hydrogens is 729 g/mol. The van der Waals surface area contributed by atoms with E-state index in [9.17, 15) is 0 Å². The van der Waals surface area contributed by atoms with Crippen molar-refractivity contribution in [3.8, 4) is 11.1 Å². The minimum atomic E-state index is -0.512. The van der Waals surface area contributed by atoms with Crippen molar-refractivity contribution in [1.82, 2.24) is 4.98 Å². The third kappa shape index (κ3) is 8.15. The zero-order valence-electron chi connectivity index (χ0n) is 35.1. The number of fused-ring (bicyclic) bond motifs is 3. The number of hydrogen-bond donors (Lipinski definition) is 0. The molecule has 0 saturated heterocycles. The molecule has 60 heavy (non-hydrogen) atoms. The second-order valence-electron chi connectivity index (χ2n) is 14.9. The summed E-state index contributed by atoms with van der Waals surface area (Å²) >= 11 is 0. The van der Waals surface area contributed by atoms with Gasteiger partial charge in [0, 0.05) is 36.2 Å². The molecule has 2 unspecified atom stereocenters. The molecule has 1 aromatic heterocycles. The highest BCUT2D eigenvalue weighted by atomic mass is 15.0. The molecule has 2 atom stereocenters. The summed E-state index contributed by atoms with van der Waals surface area (Å²) in [5.74, 6) is 1.47. The van der Waals surface area contributed by atoms with Gasteiger partial charge in [-0.15, -0.1) is 6.58 Å². The van der Waals surface area contributed by atoms with Crippen LogP contribution in [0.3, 0.4) is 0 Å². The topological polar surface area (TPSA) is 50.0 Å². The number of pyridine rings is 1. The van der Waals surface area contributed by atoms with Crippen molar-refractivity contribution in [1.29, 1.82) is 0 Å². The number of allylic oxidation sites excluding steroid dienone is 8. The fourth-order valence-electron chi connectivity index (χ4n) is 8.30. The van der Waals surface area contributed by atoms with Crippen molar-refractivity contribution >= 4 is 34.2 Å². The van der Waals surface area contributed by atoms with E-state index in [2.05, 4.69) is 167 Å². The summed E-state index contributed by atoms with van der Waals surface area (Å²) in [6, 6.07) is 47.2. The quantitative estimate of drug-likeness (QED) is 0.0624. The first-order valence-corrected chi connectivity index (χ1v) is 20.8. The predicted molar refractivity (Wildman–Crippen MR) is 257 cm³/mol. The van der Waals surface area contributed by atoms with Crippen molar-refractivity contribution in [3.63, 3.8) is 0 Å². The van der Waals surface area contributed by atoms with Crippen molar-refractivity contribution in [2.75, 3.05) is 7.05 Å². The van der Waals surface area contributed by atoms with Crippen molar-refractivity contribution in [2.45, 2.75) is 39.0 Å². The van der Waals surface area contributed by atoms with Crippen LogP contribution in [0.2, 0.25) is 0 Å². The van der Waals surface area contributed by atoms with E-state index >= 15 is 0 Å². The third-order valence-electron chi connectivity index (χ3n) is 11.2. The van der Waals surface area contributed by atoms with Gasteiger partial charge in [-0.1, -0.05) is 172 Å². The number of aromatic nitrogens is 1. The number of amidine groups is 2. The molecule has 0 saturated carbocycles. The number of rotatable bonds is 9. The minimum absolute atomic E-state index is 0.361. The van der Waals surface area contributed by atoms with E-state index in [1.54, 1.807) is 13.1 Å². The highest BCUT2D eigenvalue weighted by molar-refractivity contribution is 6.16. The summed E-state index contributed by atoms with van der Waals surface area (Å²) in [7, 11) is 1.78. The number of aliphatic imine (C=N–C) groups is 3. The van der Waals surface area contributed by atoms with Crippen molar-refractivity contribution < 1.29 is 0 Å². The van der Waals surface area contributed by atoms with E-state index in [0.717, 1.165) is 57.1 Å². The Balaban J connectivity index is 0.00000130. The highest BCUT2D eigenvalue weighted by Crippen LogP contribution is 2.58. The Kier molecular flexibility index (Phi) is 13.1. The van der Waals surface area contributed by atoms with E-state index in [0.29, 0.717) is 17.6 Å². The molecule has 2 aliphatic carbocycles. The van der Waals surface area contributed by atoms with Gasteiger partial charge in [0.1, 0.15) is 0 Å².